The lowest BCUT2D eigenvalue weighted by Crippen LogP contribution is -2.49. The molecule has 0 bridgehead atoms. The summed E-state index contributed by atoms with van der Waals surface area (Å²) in [5.41, 5.74) is 1.30. The number of carbonyl (C=O) groups excluding carboxylic acids is 2. The van der Waals surface area contributed by atoms with E-state index >= 15 is 0 Å². The highest BCUT2D eigenvalue weighted by Crippen LogP contribution is 2.20. The molecule has 1 aromatic heterocycles. The molecule has 1 amide bonds. The van der Waals surface area contributed by atoms with Crippen molar-refractivity contribution in [2.75, 3.05) is 51.4 Å². The minimum Gasteiger partial charge on any atom is -0.497 e. The highest BCUT2D eigenvalue weighted by Gasteiger charge is 2.23. The van der Waals surface area contributed by atoms with Crippen molar-refractivity contribution in [2.45, 2.75) is 6.92 Å². The Hall–Kier alpha value is -3.29. The first-order chi connectivity index (χ1) is 14.1. The van der Waals surface area contributed by atoms with Gasteiger partial charge in [-0.2, -0.15) is 0 Å². The van der Waals surface area contributed by atoms with Crippen LogP contribution in [0.3, 0.4) is 0 Å². The van der Waals surface area contributed by atoms with Gasteiger partial charge in [0.25, 0.3) is 5.91 Å². The summed E-state index contributed by atoms with van der Waals surface area (Å²) in [5, 5.41) is 0. The molecule has 0 radical (unpaired) electrons. The van der Waals surface area contributed by atoms with Crippen LogP contribution in [0.2, 0.25) is 0 Å². The van der Waals surface area contributed by atoms with Crippen LogP contribution in [0.1, 0.15) is 17.3 Å². The monoisotopic (exact) mass is 399 g/mol. The van der Waals surface area contributed by atoms with E-state index in [1.54, 1.807) is 31.1 Å². The smallest absolute Gasteiger partial charge is 0.344 e. The van der Waals surface area contributed by atoms with Crippen molar-refractivity contribution in [1.29, 1.82) is 0 Å². The molecule has 29 heavy (non-hydrogen) atoms. The largest absolute Gasteiger partial charge is 0.497 e. The summed E-state index contributed by atoms with van der Waals surface area (Å²) in [6.45, 7) is 4.45. The number of ether oxygens (including phenoxy) is 3. The van der Waals surface area contributed by atoms with Crippen LogP contribution in [-0.4, -0.2) is 68.3 Å². The lowest BCUT2D eigenvalue weighted by molar-refractivity contribution is -0.134. The van der Waals surface area contributed by atoms with Gasteiger partial charge < -0.3 is 24.0 Å². The minimum atomic E-state index is -0.619. The molecule has 0 unspecified atom stereocenters. The Bertz CT molecular complexity index is 832. The van der Waals surface area contributed by atoms with Crippen LogP contribution in [0.4, 0.5) is 5.69 Å². The average Bonchev–Trinajstić information content (AvgIpc) is 2.78. The second-order valence-electron chi connectivity index (χ2n) is 6.43. The fraction of sp³-hybridized carbons (Fsp3) is 0.381. The Morgan fingerprint density at radius 2 is 1.79 bits per heavy atom. The topological polar surface area (TPSA) is 81.2 Å². The Labute approximate surface area is 170 Å². The zero-order valence-corrected chi connectivity index (χ0v) is 16.7. The third-order valence-electron chi connectivity index (χ3n) is 4.67. The third-order valence-corrected chi connectivity index (χ3v) is 4.67. The number of hydrogen-bond donors (Lipinski definition) is 0. The van der Waals surface area contributed by atoms with E-state index < -0.39 is 5.97 Å². The lowest BCUT2D eigenvalue weighted by Gasteiger charge is -2.36. The summed E-state index contributed by atoms with van der Waals surface area (Å²) in [6.07, 6.45) is 1.54. The number of aromatic nitrogens is 1. The van der Waals surface area contributed by atoms with Gasteiger partial charge >= 0.3 is 5.97 Å². The molecule has 1 aliphatic rings. The molecule has 154 valence electrons. The molecule has 0 atom stereocenters. The van der Waals surface area contributed by atoms with Gasteiger partial charge in [0.2, 0.25) is 5.88 Å². The first kappa shape index (κ1) is 20.4. The van der Waals surface area contributed by atoms with E-state index in [4.69, 9.17) is 14.2 Å². The summed E-state index contributed by atoms with van der Waals surface area (Å²) >= 11 is 0. The highest BCUT2D eigenvalue weighted by atomic mass is 16.5. The number of rotatable bonds is 7. The van der Waals surface area contributed by atoms with E-state index in [-0.39, 0.29) is 24.0 Å². The van der Waals surface area contributed by atoms with Crippen molar-refractivity contribution < 1.29 is 23.8 Å². The first-order valence-corrected chi connectivity index (χ1v) is 9.54. The Morgan fingerprint density at radius 3 is 2.45 bits per heavy atom. The first-order valence-electron chi connectivity index (χ1n) is 9.54. The second kappa shape index (κ2) is 9.77. The minimum absolute atomic E-state index is 0.209. The van der Waals surface area contributed by atoms with Gasteiger partial charge in [-0.05, 0) is 43.3 Å². The standard InChI is InChI=1S/C21H25N3O5/c1-3-28-20-18(5-4-10-22-20)21(26)29-15-19(25)24-13-11-23(12-14-24)16-6-8-17(27-2)9-7-16/h4-10H,3,11-15H2,1-2H3. The number of amides is 1. The predicted octanol–water partition coefficient (Wildman–Crippen LogP) is 1.99. The number of anilines is 1. The quantitative estimate of drug-likeness (QED) is 0.659. The number of hydrogen-bond acceptors (Lipinski definition) is 7. The van der Waals surface area contributed by atoms with Crippen molar-refractivity contribution in [2.24, 2.45) is 0 Å². The number of pyridine rings is 1. The molecule has 1 aromatic carbocycles. The summed E-state index contributed by atoms with van der Waals surface area (Å²) in [6, 6.07) is 11.0. The Balaban J connectivity index is 1.49. The van der Waals surface area contributed by atoms with E-state index in [1.807, 2.05) is 24.3 Å². The molecule has 1 aliphatic heterocycles. The molecule has 3 rings (SSSR count). The van der Waals surface area contributed by atoms with Crippen LogP contribution in [0.5, 0.6) is 11.6 Å². The SMILES string of the molecule is CCOc1ncccc1C(=O)OCC(=O)N1CCN(c2ccc(OC)cc2)CC1. The van der Waals surface area contributed by atoms with Crippen LogP contribution in [-0.2, 0) is 9.53 Å². The summed E-state index contributed by atoms with van der Waals surface area (Å²) in [5.74, 6) is 0.187. The van der Waals surface area contributed by atoms with Gasteiger partial charge in [0.05, 0.1) is 13.7 Å². The maximum Gasteiger partial charge on any atom is 0.344 e. The van der Waals surface area contributed by atoms with Crippen molar-refractivity contribution in [3.05, 3.63) is 48.2 Å². The van der Waals surface area contributed by atoms with Crippen LogP contribution in [0.25, 0.3) is 0 Å². The fourth-order valence-electron chi connectivity index (χ4n) is 3.10. The van der Waals surface area contributed by atoms with Crippen LogP contribution < -0.4 is 14.4 Å². The van der Waals surface area contributed by atoms with Crippen LogP contribution in [0, 0.1) is 0 Å². The number of piperazine rings is 1. The normalized spacial score (nSPS) is 13.7. The van der Waals surface area contributed by atoms with Crippen molar-refractivity contribution in [3.63, 3.8) is 0 Å². The van der Waals surface area contributed by atoms with Gasteiger partial charge in [-0.15, -0.1) is 0 Å². The summed E-state index contributed by atoms with van der Waals surface area (Å²) in [4.78, 5) is 32.7. The number of methoxy groups -OCH3 is 1. The van der Waals surface area contributed by atoms with Crippen molar-refractivity contribution in [3.8, 4) is 11.6 Å². The molecule has 8 nitrogen and oxygen atoms in total. The van der Waals surface area contributed by atoms with Gasteiger partial charge in [0, 0.05) is 38.1 Å². The van der Waals surface area contributed by atoms with Gasteiger partial charge in [-0.1, -0.05) is 0 Å². The second-order valence-corrected chi connectivity index (χ2v) is 6.43. The van der Waals surface area contributed by atoms with E-state index in [0.717, 1.165) is 11.4 Å². The number of nitrogens with zero attached hydrogens (tertiary/aromatic N) is 3. The lowest BCUT2D eigenvalue weighted by atomic mass is 10.2. The molecule has 0 N–H and O–H groups in total. The number of carbonyl (C=O) groups is 2. The van der Waals surface area contributed by atoms with Gasteiger partial charge in [0.1, 0.15) is 11.3 Å². The number of esters is 1. The molecule has 0 spiro atoms. The third kappa shape index (κ3) is 5.16. The molecule has 8 heteroatoms. The molecule has 0 saturated carbocycles. The molecular weight excluding hydrogens is 374 g/mol. The van der Waals surface area contributed by atoms with Crippen molar-refractivity contribution >= 4 is 17.6 Å². The van der Waals surface area contributed by atoms with Crippen molar-refractivity contribution in [1.82, 2.24) is 9.88 Å². The Morgan fingerprint density at radius 1 is 1.07 bits per heavy atom. The molecule has 2 aromatic rings. The van der Waals surface area contributed by atoms with Gasteiger partial charge in [-0.25, -0.2) is 9.78 Å². The zero-order chi connectivity index (χ0) is 20.6. The summed E-state index contributed by atoms with van der Waals surface area (Å²) in [7, 11) is 1.64. The zero-order valence-electron chi connectivity index (χ0n) is 16.7. The molecular formula is C21H25N3O5. The Kier molecular flexibility index (Phi) is 6.89. The van der Waals surface area contributed by atoms with E-state index in [1.165, 1.54) is 6.20 Å². The van der Waals surface area contributed by atoms with E-state index in [2.05, 4.69) is 9.88 Å². The molecule has 0 aliphatic carbocycles. The van der Waals surface area contributed by atoms with Gasteiger partial charge in [-0.3, -0.25) is 4.79 Å². The van der Waals surface area contributed by atoms with Crippen LogP contribution >= 0.6 is 0 Å². The highest BCUT2D eigenvalue weighted by molar-refractivity contribution is 5.93. The fourth-order valence-corrected chi connectivity index (χ4v) is 3.10. The number of benzene rings is 1. The average molecular weight is 399 g/mol. The molecule has 1 saturated heterocycles. The van der Waals surface area contributed by atoms with E-state index in [9.17, 15) is 9.59 Å². The summed E-state index contributed by atoms with van der Waals surface area (Å²) < 4.78 is 15.7. The maximum atomic E-state index is 12.4. The molecule has 1 fully saturated rings. The molecule has 2 heterocycles. The van der Waals surface area contributed by atoms with Gasteiger partial charge in [0.15, 0.2) is 6.61 Å². The maximum absolute atomic E-state index is 12.4. The van der Waals surface area contributed by atoms with E-state index in [0.29, 0.717) is 32.8 Å². The van der Waals surface area contributed by atoms with Crippen LogP contribution in [0.15, 0.2) is 42.6 Å². The predicted molar refractivity (Wildman–Crippen MR) is 107 cm³/mol.